The SMILES string of the molecule is CC(=O)Nc1ccc(NCC2CC=C(F)CC2)c([N+](=O)O)c1. The van der Waals surface area contributed by atoms with Crippen LogP contribution in [0.3, 0.4) is 0 Å². The highest BCUT2D eigenvalue weighted by Crippen LogP contribution is 2.29. The third-order valence-corrected chi connectivity index (χ3v) is 3.57. The molecule has 0 heterocycles. The van der Waals surface area contributed by atoms with Crippen LogP contribution in [0, 0.1) is 10.8 Å². The van der Waals surface area contributed by atoms with Gasteiger partial charge in [-0.05, 0) is 37.3 Å². The Morgan fingerprint density at radius 1 is 1.50 bits per heavy atom. The van der Waals surface area contributed by atoms with Crippen LogP contribution in [0.2, 0.25) is 0 Å². The third-order valence-electron chi connectivity index (χ3n) is 3.57. The molecule has 22 heavy (non-hydrogen) atoms. The zero-order chi connectivity index (χ0) is 16.1. The Bertz CT molecular complexity index is 616. The quantitative estimate of drug-likeness (QED) is 0.727. The maximum atomic E-state index is 13.0. The van der Waals surface area contributed by atoms with Gasteiger partial charge < -0.3 is 10.6 Å². The monoisotopic (exact) mass is 308 g/mol. The number of nitrogens with one attached hydrogen (secondary N) is 2. The molecule has 0 bridgehead atoms. The van der Waals surface area contributed by atoms with Crippen LogP contribution in [-0.2, 0) is 4.79 Å². The first-order valence-electron chi connectivity index (χ1n) is 7.12. The maximum absolute atomic E-state index is 13.0. The summed E-state index contributed by atoms with van der Waals surface area (Å²) in [6, 6.07) is 4.63. The number of allylic oxidation sites excluding steroid dienone is 2. The van der Waals surface area contributed by atoms with Crippen LogP contribution in [0.15, 0.2) is 30.1 Å². The molecule has 0 saturated heterocycles. The number of anilines is 2. The number of amides is 1. The van der Waals surface area contributed by atoms with E-state index in [0.29, 0.717) is 30.8 Å². The summed E-state index contributed by atoms with van der Waals surface area (Å²) in [5, 5.41) is 14.8. The van der Waals surface area contributed by atoms with E-state index < -0.39 is 0 Å². The van der Waals surface area contributed by atoms with Crippen LogP contribution in [-0.4, -0.2) is 22.6 Å². The van der Waals surface area contributed by atoms with Gasteiger partial charge >= 0.3 is 5.69 Å². The molecule has 7 heteroatoms. The number of rotatable bonds is 5. The normalized spacial score (nSPS) is 17.5. The van der Waals surface area contributed by atoms with Gasteiger partial charge in [0.05, 0.1) is 10.7 Å². The number of benzene rings is 1. The number of hydrogen-bond acceptors (Lipinski definition) is 3. The lowest BCUT2D eigenvalue weighted by molar-refractivity contribution is -0.729. The molecule has 0 spiro atoms. The Morgan fingerprint density at radius 2 is 2.27 bits per heavy atom. The average molecular weight is 308 g/mol. The number of carbonyl (C=O) groups is 1. The van der Waals surface area contributed by atoms with Crippen molar-refractivity contribution in [3.63, 3.8) is 0 Å². The van der Waals surface area contributed by atoms with Crippen LogP contribution in [0.1, 0.15) is 26.2 Å². The highest BCUT2D eigenvalue weighted by molar-refractivity contribution is 5.89. The molecule has 118 valence electrons. The fourth-order valence-corrected chi connectivity index (χ4v) is 2.42. The van der Waals surface area contributed by atoms with Crippen molar-refractivity contribution in [1.29, 1.82) is 0 Å². The van der Waals surface area contributed by atoms with Gasteiger partial charge in [-0.3, -0.25) is 4.79 Å². The molecule has 1 aromatic carbocycles. The van der Waals surface area contributed by atoms with Crippen molar-refractivity contribution < 1.29 is 19.3 Å². The highest BCUT2D eigenvalue weighted by Gasteiger charge is 2.21. The van der Waals surface area contributed by atoms with Gasteiger partial charge in [0, 0.05) is 25.2 Å². The summed E-state index contributed by atoms with van der Waals surface area (Å²) in [6.07, 6.45) is 3.42. The fourth-order valence-electron chi connectivity index (χ4n) is 2.42. The first-order chi connectivity index (χ1) is 10.5. The lowest BCUT2D eigenvalue weighted by Gasteiger charge is -2.19. The van der Waals surface area contributed by atoms with Gasteiger partial charge in [-0.25, -0.2) is 9.60 Å². The van der Waals surface area contributed by atoms with E-state index in [-0.39, 0.29) is 28.3 Å². The van der Waals surface area contributed by atoms with Crippen molar-refractivity contribution in [3.05, 3.63) is 35.0 Å². The predicted octanol–water partition coefficient (Wildman–Crippen LogP) is 3.51. The van der Waals surface area contributed by atoms with Crippen LogP contribution in [0.25, 0.3) is 0 Å². The Balaban J connectivity index is 2.06. The summed E-state index contributed by atoms with van der Waals surface area (Å²) in [4.78, 5) is 22.0. The molecular weight excluding hydrogens is 289 g/mol. The summed E-state index contributed by atoms with van der Waals surface area (Å²) in [5.74, 6) is -0.0584. The zero-order valence-electron chi connectivity index (χ0n) is 12.3. The van der Waals surface area contributed by atoms with Crippen molar-refractivity contribution in [3.8, 4) is 0 Å². The minimum absolute atomic E-state index is 0.0174. The average Bonchev–Trinajstić information content (AvgIpc) is 2.46. The Kier molecular flexibility index (Phi) is 5.08. The van der Waals surface area contributed by atoms with E-state index in [9.17, 15) is 19.3 Å². The van der Waals surface area contributed by atoms with Gasteiger partial charge in [0.1, 0.15) is 5.69 Å². The second-order valence-corrected chi connectivity index (χ2v) is 5.36. The van der Waals surface area contributed by atoms with E-state index in [1.165, 1.54) is 13.0 Å². The van der Waals surface area contributed by atoms with E-state index in [2.05, 4.69) is 10.6 Å². The molecule has 6 nitrogen and oxygen atoms in total. The minimum Gasteiger partial charge on any atom is -0.379 e. The molecule has 0 saturated carbocycles. The van der Waals surface area contributed by atoms with Crippen molar-refractivity contribution >= 4 is 23.0 Å². The topological polar surface area (TPSA) is 81.4 Å². The van der Waals surface area contributed by atoms with Crippen LogP contribution < -0.4 is 10.6 Å². The summed E-state index contributed by atoms with van der Waals surface area (Å²) >= 11 is 0. The molecule has 1 aliphatic carbocycles. The molecule has 0 fully saturated rings. The number of carbonyl (C=O) groups excluding carboxylic acids is 1. The van der Waals surface area contributed by atoms with Crippen molar-refractivity contribution in [2.24, 2.45) is 5.92 Å². The second kappa shape index (κ2) is 7.02. The van der Waals surface area contributed by atoms with E-state index >= 15 is 0 Å². The second-order valence-electron chi connectivity index (χ2n) is 5.36. The van der Waals surface area contributed by atoms with Crippen LogP contribution in [0.5, 0.6) is 0 Å². The maximum Gasteiger partial charge on any atom is 0.341 e. The molecule has 0 aliphatic heterocycles. The van der Waals surface area contributed by atoms with Crippen molar-refractivity contribution in [2.45, 2.75) is 26.2 Å². The number of nitrogens with zero attached hydrogens (tertiary/aromatic N) is 1. The largest absolute Gasteiger partial charge is 0.379 e. The Labute approximate surface area is 127 Å². The van der Waals surface area contributed by atoms with Gasteiger partial charge in [-0.2, -0.15) is 0 Å². The van der Waals surface area contributed by atoms with Crippen LogP contribution >= 0.6 is 0 Å². The molecule has 1 aromatic rings. The van der Waals surface area contributed by atoms with Crippen molar-refractivity contribution in [2.75, 3.05) is 17.2 Å². The molecule has 0 radical (unpaired) electrons. The molecule has 3 N–H and O–H groups in total. The first-order valence-corrected chi connectivity index (χ1v) is 7.12. The van der Waals surface area contributed by atoms with E-state index in [1.807, 2.05) is 0 Å². The first kappa shape index (κ1) is 15.9. The number of halogens is 1. The third kappa shape index (κ3) is 4.28. The molecule has 1 aliphatic rings. The molecule has 0 aromatic heterocycles. The summed E-state index contributed by atoms with van der Waals surface area (Å²) < 4.78 is 13.0. The highest BCUT2D eigenvalue weighted by atomic mass is 19.1. The summed E-state index contributed by atoms with van der Waals surface area (Å²) in [7, 11) is 0. The zero-order valence-corrected chi connectivity index (χ0v) is 12.3. The molecule has 1 amide bonds. The minimum atomic E-state index is -0.266. The molecule has 1 unspecified atom stereocenters. The van der Waals surface area contributed by atoms with Crippen molar-refractivity contribution in [1.82, 2.24) is 0 Å². The van der Waals surface area contributed by atoms with E-state index in [0.717, 1.165) is 6.42 Å². The van der Waals surface area contributed by atoms with Gasteiger partial charge in [0.25, 0.3) is 4.92 Å². The predicted molar refractivity (Wildman–Crippen MR) is 80.8 cm³/mol. The van der Waals surface area contributed by atoms with Gasteiger partial charge in [-0.15, -0.1) is 0 Å². The molecule has 1 atom stereocenters. The lowest BCUT2D eigenvalue weighted by Crippen LogP contribution is -2.17. The Morgan fingerprint density at radius 3 is 2.86 bits per heavy atom. The van der Waals surface area contributed by atoms with Gasteiger partial charge in [-0.1, -0.05) is 6.08 Å². The van der Waals surface area contributed by atoms with E-state index in [4.69, 9.17) is 0 Å². The van der Waals surface area contributed by atoms with Gasteiger partial charge in [0.15, 0.2) is 0 Å². The lowest BCUT2D eigenvalue weighted by atomic mass is 9.93. The molecular formula is C15H19FN3O3+. The summed E-state index contributed by atoms with van der Waals surface area (Å²) in [6.45, 7) is 1.93. The Hall–Kier alpha value is -2.44. The smallest absolute Gasteiger partial charge is 0.341 e. The van der Waals surface area contributed by atoms with Crippen LogP contribution in [0.4, 0.5) is 21.5 Å². The molecule has 2 rings (SSSR count). The van der Waals surface area contributed by atoms with Gasteiger partial charge in [0.2, 0.25) is 5.91 Å². The number of hydrogen-bond donors (Lipinski definition) is 3. The van der Waals surface area contributed by atoms with E-state index in [1.54, 1.807) is 18.2 Å². The standard InChI is InChI=1S/C15H18FN3O3/c1-10(20)18-13-6-7-14(15(8-13)19(21)22)17-9-11-2-4-12(16)5-3-11/h4,6-8,11,17H,2-3,5,9H2,1H3,(H-,18,20,21,22)/p+1. The fraction of sp³-hybridized carbons (Fsp3) is 0.400. The summed E-state index contributed by atoms with van der Waals surface area (Å²) in [5.41, 5.74) is 0.899.